The van der Waals surface area contributed by atoms with Gasteiger partial charge < -0.3 is 5.32 Å². The highest BCUT2D eigenvalue weighted by Gasteiger charge is 2.18. The molecule has 3 aromatic rings. The number of carbonyl (C=O) groups is 1. The number of amides is 1. The van der Waals surface area contributed by atoms with Crippen LogP contribution in [0.4, 0.5) is 5.69 Å². The lowest BCUT2D eigenvalue weighted by Crippen LogP contribution is -2.21. The van der Waals surface area contributed by atoms with Gasteiger partial charge >= 0.3 is 0 Å². The summed E-state index contributed by atoms with van der Waals surface area (Å²) in [5.41, 5.74) is 1.58. The van der Waals surface area contributed by atoms with Crippen molar-refractivity contribution in [2.75, 3.05) is 5.32 Å². The predicted molar refractivity (Wildman–Crippen MR) is 87.3 cm³/mol. The summed E-state index contributed by atoms with van der Waals surface area (Å²) in [4.78, 5) is 24.9. The van der Waals surface area contributed by atoms with E-state index in [0.29, 0.717) is 11.6 Å². The van der Waals surface area contributed by atoms with Gasteiger partial charge in [-0.05, 0) is 12.0 Å². The highest BCUT2D eigenvalue weighted by Crippen LogP contribution is 2.21. The Morgan fingerprint density at radius 2 is 1.96 bits per heavy atom. The van der Waals surface area contributed by atoms with Gasteiger partial charge in [0.25, 0.3) is 0 Å². The lowest BCUT2D eigenvalue weighted by atomic mass is 9.95. The maximum atomic E-state index is 12.5. The molecule has 0 aliphatic heterocycles. The molecule has 0 bridgehead atoms. The van der Waals surface area contributed by atoms with Crippen molar-refractivity contribution in [2.24, 2.45) is 0 Å². The van der Waals surface area contributed by atoms with Gasteiger partial charge in [0.05, 0.1) is 24.0 Å². The van der Waals surface area contributed by atoms with Crippen LogP contribution in [0, 0.1) is 0 Å². The summed E-state index contributed by atoms with van der Waals surface area (Å²) in [5, 5.41) is 2.88. The molecule has 1 amide bonds. The maximum absolute atomic E-state index is 12.5. The Kier molecular flexibility index (Phi) is 4.42. The summed E-state index contributed by atoms with van der Waals surface area (Å²) in [7, 11) is 0. The Balaban J connectivity index is 1.72. The highest BCUT2D eigenvalue weighted by molar-refractivity contribution is 5.95. The molecule has 23 heavy (non-hydrogen) atoms. The van der Waals surface area contributed by atoms with Crippen LogP contribution in [0.15, 0.2) is 61.4 Å². The van der Waals surface area contributed by atoms with E-state index in [9.17, 15) is 4.79 Å². The summed E-state index contributed by atoms with van der Waals surface area (Å²) in [6.07, 6.45) is 8.96. The fraction of sp³-hybridized carbons (Fsp3) is 0.176. The molecule has 6 nitrogen and oxygen atoms in total. The number of hydrogen-bond acceptors (Lipinski definition) is 4. The van der Waals surface area contributed by atoms with Gasteiger partial charge in [0.1, 0.15) is 6.33 Å². The molecule has 0 saturated heterocycles. The minimum Gasteiger partial charge on any atom is -0.323 e. The van der Waals surface area contributed by atoms with Gasteiger partial charge in [0, 0.05) is 12.4 Å². The molecule has 1 atom stereocenters. The van der Waals surface area contributed by atoms with Gasteiger partial charge in [0.2, 0.25) is 11.9 Å². The molecule has 0 radical (unpaired) electrons. The largest absolute Gasteiger partial charge is 0.323 e. The number of anilines is 1. The molecule has 6 heteroatoms. The van der Waals surface area contributed by atoms with Gasteiger partial charge in [-0.2, -0.15) is 0 Å². The summed E-state index contributed by atoms with van der Waals surface area (Å²) < 4.78 is 1.70. The number of imidazole rings is 1. The Hall–Kier alpha value is -3.02. The van der Waals surface area contributed by atoms with Crippen molar-refractivity contribution in [3.05, 3.63) is 67.0 Å². The second kappa shape index (κ2) is 6.83. The lowest BCUT2D eigenvalue weighted by Gasteiger charge is -2.15. The van der Waals surface area contributed by atoms with Gasteiger partial charge in [-0.25, -0.2) is 15.0 Å². The van der Waals surface area contributed by atoms with E-state index < -0.39 is 0 Å². The van der Waals surface area contributed by atoms with Crippen LogP contribution in [0.1, 0.15) is 24.8 Å². The van der Waals surface area contributed by atoms with Crippen molar-refractivity contribution in [3.63, 3.8) is 0 Å². The molecule has 0 fully saturated rings. The fourth-order valence-electron chi connectivity index (χ4n) is 2.38. The second-order valence-electron chi connectivity index (χ2n) is 5.10. The second-order valence-corrected chi connectivity index (χ2v) is 5.10. The maximum Gasteiger partial charge on any atom is 0.234 e. The normalized spacial score (nSPS) is 11.9. The average molecular weight is 307 g/mol. The zero-order valence-corrected chi connectivity index (χ0v) is 12.8. The van der Waals surface area contributed by atoms with Gasteiger partial charge in [-0.1, -0.05) is 37.3 Å². The highest BCUT2D eigenvalue weighted by atomic mass is 16.1. The molecule has 0 spiro atoms. The van der Waals surface area contributed by atoms with Crippen LogP contribution in [0.5, 0.6) is 0 Å². The van der Waals surface area contributed by atoms with E-state index >= 15 is 0 Å². The van der Waals surface area contributed by atoms with Gasteiger partial charge in [0.15, 0.2) is 0 Å². The molecule has 116 valence electrons. The third-order valence-corrected chi connectivity index (χ3v) is 3.57. The summed E-state index contributed by atoms with van der Waals surface area (Å²) >= 11 is 0. The van der Waals surface area contributed by atoms with E-state index in [-0.39, 0.29) is 11.8 Å². The van der Waals surface area contributed by atoms with Crippen LogP contribution in [-0.2, 0) is 4.79 Å². The third kappa shape index (κ3) is 3.42. The average Bonchev–Trinajstić information content (AvgIpc) is 3.12. The molecule has 1 N–H and O–H groups in total. The van der Waals surface area contributed by atoms with Crippen LogP contribution in [0.25, 0.3) is 5.95 Å². The molecule has 3 rings (SSSR count). The molecule has 0 saturated carbocycles. The zero-order valence-electron chi connectivity index (χ0n) is 12.8. The van der Waals surface area contributed by atoms with Crippen molar-refractivity contribution in [3.8, 4) is 5.95 Å². The van der Waals surface area contributed by atoms with Gasteiger partial charge in [-0.15, -0.1) is 0 Å². The number of rotatable bonds is 5. The minimum atomic E-state index is -0.190. The third-order valence-electron chi connectivity index (χ3n) is 3.57. The number of benzene rings is 1. The Morgan fingerprint density at radius 3 is 2.57 bits per heavy atom. The van der Waals surface area contributed by atoms with E-state index in [1.807, 2.05) is 37.3 Å². The van der Waals surface area contributed by atoms with E-state index in [0.717, 1.165) is 12.0 Å². The Morgan fingerprint density at radius 1 is 1.22 bits per heavy atom. The smallest absolute Gasteiger partial charge is 0.234 e. The number of hydrogen-bond donors (Lipinski definition) is 1. The Labute approximate surface area is 134 Å². The first-order chi connectivity index (χ1) is 11.3. The lowest BCUT2D eigenvalue weighted by molar-refractivity contribution is -0.117. The Bertz CT molecular complexity index is 753. The molecule has 0 aliphatic carbocycles. The van der Waals surface area contributed by atoms with E-state index in [2.05, 4.69) is 20.3 Å². The van der Waals surface area contributed by atoms with Crippen LogP contribution in [-0.4, -0.2) is 25.4 Å². The quantitative estimate of drug-likeness (QED) is 0.786. The van der Waals surface area contributed by atoms with Crippen molar-refractivity contribution in [1.29, 1.82) is 0 Å². The first kappa shape index (κ1) is 14.9. The fourth-order valence-corrected chi connectivity index (χ4v) is 2.38. The molecular weight excluding hydrogens is 290 g/mol. The molecule has 2 heterocycles. The first-order valence-corrected chi connectivity index (χ1v) is 7.44. The zero-order chi connectivity index (χ0) is 16.1. The SMILES string of the molecule is CCC(C(=O)Nc1cnc(-n2ccnc2)nc1)c1ccccc1. The van der Waals surface area contributed by atoms with Gasteiger partial charge in [-0.3, -0.25) is 9.36 Å². The van der Waals surface area contributed by atoms with Crippen molar-refractivity contribution < 1.29 is 4.79 Å². The molecular formula is C17H17N5O. The van der Waals surface area contributed by atoms with Crippen molar-refractivity contribution >= 4 is 11.6 Å². The van der Waals surface area contributed by atoms with E-state index in [4.69, 9.17) is 0 Å². The summed E-state index contributed by atoms with van der Waals surface area (Å²) in [6, 6.07) is 9.75. The first-order valence-electron chi connectivity index (χ1n) is 7.44. The summed E-state index contributed by atoms with van der Waals surface area (Å²) in [5.74, 6) is 0.262. The van der Waals surface area contributed by atoms with Crippen LogP contribution in [0.2, 0.25) is 0 Å². The minimum absolute atomic E-state index is 0.0577. The number of aromatic nitrogens is 4. The van der Waals surface area contributed by atoms with E-state index in [1.54, 1.807) is 35.7 Å². The monoisotopic (exact) mass is 307 g/mol. The standard InChI is InChI=1S/C17H17N5O/c1-2-15(13-6-4-3-5-7-13)16(23)21-14-10-19-17(20-11-14)22-9-8-18-12-22/h3-12,15H,2H2,1H3,(H,21,23). The van der Waals surface area contributed by atoms with Crippen LogP contribution >= 0.6 is 0 Å². The molecule has 0 aliphatic rings. The van der Waals surface area contributed by atoms with Crippen molar-refractivity contribution in [1.82, 2.24) is 19.5 Å². The van der Waals surface area contributed by atoms with E-state index in [1.165, 1.54) is 0 Å². The molecule has 1 unspecified atom stereocenters. The molecule has 2 aromatic heterocycles. The number of nitrogens with one attached hydrogen (secondary N) is 1. The number of nitrogens with zero attached hydrogens (tertiary/aromatic N) is 4. The topological polar surface area (TPSA) is 72.7 Å². The predicted octanol–water partition coefficient (Wildman–Crippen LogP) is 2.79. The summed E-state index contributed by atoms with van der Waals surface area (Å²) in [6.45, 7) is 2.00. The van der Waals surface area contributed by atoms with Crippen LogP contribution < -0.4 is 5.32 Å². The molecule has 1 aromatic carbocycles. The van der Waals surface area contributed by atoms with Crippen molar-refractivity contribution in [2.45, 2.75) is 19.3 Å². The number of carbonyl (C=O) groups excluding carboxylic acids is 1. The van der Waals surface area contributed by atoms with Crippen LogP contribution in [0.3, 0.4) is 0 Å².